The minimum atomic E-state index is -0.269. The van der Waals surface area contributed by atoms with Crippen molar-refractivity contribution in [1.29, 1.82) is 5.26 Å². The lowest BCUT2D eigenvalue weighted by molar-refractivity contribution is -0.120. The molecule has 1 aromatic carbocycles. The van der Waals surface area contributed by atoms with Crippen LogP contribution in [0.2, 0.25) is 10.0 Å². The van der Waals surface area contributed by atoms with Crippen molar-refractivity contribution in [1.82, 2.24) is 4.90 Å². The molecule has 1 fully saturated rings. The van der Waals surface area contributed by atoms with Crippen LogP contribution in [0, 0.1) is 11.3 Å². The Hall–Kier alpha value is -1.28. The highest BCUT2D eigenvalue weighted by Crippen LogP contribution is 2.26. The minimum Gasteiger partial charge on any atom is -0.323 e. The Labute approximate surface area is 121 Å². The van der Waals surface area contributed by atoms with Gasteiger partial charge in [-0.25, -0.2) is 0 Å². The van der Waals surface area contributed by atoms with Crippen LogP contribution in [0.15, 0.2) is 18.2 Å². The van der Waals surface area contributed by atoms with E-state index in [1.54, 1.807) is 18.2 Å². The molecule has 1 heterocycles. The van der Waals surface area contributed by atoms with Gasteiger partial charge < -0.3 is 5.32 Å². The van der Waals surface area contributed by atoms with E-state index in [1.165, 1.54) is 0 Å². The number of likely N-dealkylation sites (tertiary alicyclic amines) is 1. The van der Waals surface area contributed by atoms with Gasteiger partial charge in [0.15, 0.2) is 0 Å². The number of amides is 1. The number of nitrogens with one attached hydrogen (secondary N) is 1. The second-order valence-corrected chi connectivity index (χ2v) is 5.24. The number of hydrogen-bond acceptors (Lipinski definition) is 3. The largest absolute Gasteiger partial charge is 0.323 e. The van der Waals surface area contributed by atoms with Crippen LogP contribution in [0.25, 0.3) is 0 Å². The Bertz CT molecular complexity index is 527. The molecule has 0 unspecified atom stereocenters. The number of carbonyl (C=O) groups is 1. The Morgan fingerprint density at radius 3 is 3.05 bits per heavy atom. The van der Waals surface area contributed by atoms with E-state index in [-0.39, 0.29) is 18.5 Å². The molecule has 1 atom stereocenters. The van der Waals surface area contributed by atoms with E-state index >= 15 is 0 Å². The number of benzene rings is 1. The van der Waals surface area contributed by atoms with Crippen LogP contribution in [-0.4, -0.2) is 29.9 Å². The molecule has 19 heavy (non-hydrogen) atoms. The lowest BCUT2D eigenvalue weighted by atomic mass is 10.2. The van der Waals surface area contributed by atoms with Gasteiger partial charge in [-0.05, 0) is 31.0 Å². The molecule has 6 heteroatoms. The number of halogens is 2. The number of carbonyl (C=O) groups excluding carboxylic acids is 1. The summed E-state index contributed by atoms with van der Waals surface area (Å²) in [6, 6.07) is 6.73. The van der Waals surface area contributed by atoms with Crippen molar-refractivity contribution in [3.8, 4) is 6.07 Å². The van der Waals surface area contributed by atoms with Crippen LogP contribution in [0.4, 0.5) is 5.69 Å². The first-order valence-electron chi connectivity index (χ1n) is 5.98. The normalized spacial score (nSPS) is 19.1. The van der Waals surface area contributed by atoms with Gasteiger partial charge in [-0.1, -0.05) is 23.2 Å². The molecule has 1 aliphatic heterocycles. The van der Waals surface area contributed by atoms with E-state index in [0.717, 1.165) is 19.4 Å². The van der Waals surface area contributed by atoms with Crippen LogP contribution < -0.4 is 5.32 Å². The molecule has 100 valence electrons. The molecule has 4 nitrogen and oxygen atoms in total. The molecular formula is C13H13Cl2N3O. The summed E-state index contributed by atoms with van der Waals surface area (Å²) in [6.07, 6.45) is 1.68. The monoisotopic (exact) mass is 297 g/mol. The van der Waals surface area contributed by atoms with Crippen LogP contribution >= 0.6 is 23.2 Å². The number of anilines is 1. The lowest BCUT2D eigenvalue weighted by Gasteiger charge is -2.21. The third-order valence-electron chi connectivity index (χ3n) is 3.13. The highest BCUT2D eigenvalue weighted by molar-refractivity contribution is 6.35. The second kappa shape index (κ2) is 6.25. The maximum absolute atomic E-state index is 12.2. The second-order valence-electron chi connectivity index (χ2n) is 4.40. The minimum absolute atomic E-state index is 0.142. The van der Waals surface area contributed by atoms with Gasteiger partial charge in [0.2, 0.25) is 5.91 Å². The maximum Gasteiger partial charge on any atom is 0.241 e. The Kier molecular flexibility index (Phi) is 4.65. The van der Waals surface area contributed by atoms with Gasteiger partial charge in [-0.15, -0.1) is 0 Å². The summed E-state index contributed by atoms with van der Waals surface area (Å²) in [5.41, 5.74) is 0.503. The summed E-state index contributed by atoms with van der Waals surface area (Å²) in [5.74, 6) is -0.142. The highest BCUT2D eigenvalue weighted by Gasteiger charge is 2.30. The third kappa shape index (κ3) is 3.38. The van der Waals surface area contributed by atoms with Crippen molar-refractivity contribution < 1.29 is 4.79 Å². The number of nitriles is 1. The van der Waals surface area contributed by atoms with E-state index < -0.39 is 0 Å². The zero-order valence-corrected chi connectivity index (χ0v) is 11.7. The Morgan fingerprint density at radius 1 is 1.53 bits per heavy atom. The standard InChI is InChI=1S/C13H13Cl2N3O/c14-9-3-4-10(15)11(8-9)17-13(19)12-2-1-6-18(12)7-5-16/h3-4,8,12H,1-2,6-7H2,(H,17,19)/t12-/m0/s1. The van der Waals surface area contributed by atoms with E-state index in [9.17, 15) is 4.79 Å². The topological polar surface area (TPSA) is 56.1 Å². The average molecular weight is 298 g/mol. The zero-order valence-electron chi connectivity index (χ0n) is 10.2. The Balaban J connectivity index is 2.08. The summed E-state index contributed by atoms with van der Waals surface area (Å²) < 4.78 is 0. The fourth-order valence-corrected chi connectivity index (χ4v) is 2.55. The van der Waals surface area contributed by atoms with Gasteiger partial charge in [0, 0.05) is 11.6 Å². The van der Waals surface area contributed by atoms with Gasteiger partial charge in [0.25, 0.3) is 0 Å². The van der Waals surface area contributed by atoms with Gasteiger partial charge in [-0.3, -0.25) is 9.69 Å². The first-order valence-corrected chi connectivity index (χ1v) is 6.74. The smallest absolute Gasteiger partial charge is 0.241 e. The zero-order chi connectivity index (χ0) is 13.8. The average Bonchev–Trinajstić information content (AvgIpc) is 2.82. The van der Waals surface area contributed by atoms with E-state index in [4.69, 9.17) is 28.5 Å². The van der Waals surface area contributed by atoms with Crippen molar-refractivity contribution >= 4 is 34.8 Å². The third-order valence-corrected chi connectivity index (χ3v) is 3.69. The van der Waals surface area contributed by atoms with Crippen LogP contribution in [0.3, 0.4) is 0 Å². The molecule has 1 aromatic rings. The molecule has 0 bridgehead atoms. The summed E-state index contributed by atoms with van der Waals surface area (Å²) in [6.45, 7) is 1.04. The number of rotatable bonds is 3. The summed E-state index contributed by atoms with van der Waals surface area (Å²) in [5, 5.41) is 12.5. The predicted molar refractivity (Wildman–Crippen MR) is 75.3 cm³/mol. The number of hydrogen-bond donors (Lipinski definition) is 1. The fourth-order valence-electron chi connectivity index (χ4n) is 2.21. The molecular weight excluding hydrogens is 285 g/mol. The van der Waals surface area contributed by atoms with Gasteiger partial charge in [-0.2, -0.15) is 5.26 Å². The van der Waals surface area contributed by atoms with Crippen molar-refractivity contribution in [3.05, 3.63) is 28.2 Å². The lowest BCUT2D eigenvalue weighted by Crippen LogP contribution is -2.39. The molecule has 0 radical (unpaired) electrons. The maximum atomic E-state index is 12.2. The molecule has 0 aromatic heterocycles. The van der Waals surface area contributed by atoms with Crippen molar-refractivity contribution in [2.24, 2.45) is 0 Å². The molecule has 2 rings (SSSR count). The summed E-state index contributed by atoms with van der Waals surface area (Å²) in [7, 11) is 0. The van der Waals surface area contributed by atoms with E-state index in [0.29, 0.717) is 15.7 Å². The molecule has 1 N–H and O–H groups in total. The Morgan fingerprint density at radius 2 is 2.32 bits per heavy atom. The fraction of sp³-hybridized carbons (Fsp3) is 0.385. The molecule has 1 aliphatic rings. The SMILES string of the molecule is N#CCN1CCC[C@H]1C(=O)Nc1cc(Cl)ccc1Cl. The molecule has 0 spiro atoms. The first kappa shape index (κ1) is 14.1. The molecule has 1 saturated heterocycles. The van der Waals surface area contributed by atoms with Crippen molar-refractivity contribution in [2.75, 3.05) is 18.4 Å². The molecule has 0 saturated carbocycles. The summed E-state index contributed by atoms with van der Waals surface area (Å²) >= 11 is 11.9. The van der Waals surface area contributed by atoms with Gasteiger partial charge in [0.05, 0.1) is 29.4 Å². The molecule has 1 amide bonds. The molecule has 0 aliphatic carbocycles. The van der Waals surface area contributed by atoms with Gasteiger partial charge in [0.1, 0.15) is 0 Å². The van der Waals surface area contributed by atoms with Gasteiger partial charge >= 0.3 is 0 Å². The van der Waals surface area contributed by atoms with Crippen molar-refractivity contribution in [2.45, 2.75) is 18.9 Å². The highest BCUT2D eigenvalue weighted by atomic mass is 35.5. The quantitative estimate of drug-likeness (QED) is 0.873. The first-order chi connectivity index (χ1) is 9.11. The van der Waals surface area contributed by atoms with Crippen molar-refractivity contribution in [3.63, 3.8) is 0 Å². The van der Waals surface area contributed by atoms with Crippen LogP contribution in [0.1, 0.15) is 12.8 Å². The summed E-state index contributed by atoms with van der Waals surface area (Å²) in [4.78, 5) is 14.1. The number of nitrogens with zero attached hydrogens (tertiary/aromatic N) is 2. The predicted octanol–water partition coefficient (Wildman–Crippen LogP) is 2.92. The van der Waals surface area contributed by atoms with Crippen LogP contribution in [0.5, 0.6) is 0 Å². The van der Waals surface area contributed by atoms with Crippen LogP contribution in [-0.2, 0) is 4.79 Å². The van der Waals surface area contributed by atoms with E-state index in [1.807, 2.05) is 4.90 Å². The van der Waals surface area contributed by atoms with E-state index in [2.05, 4.69) is 11.4 Å².